The van der Waals surface area contributed by atoms with Crippen LogP contribution in [0.5, 0.6) is 17.2 Å². The number of carbonyl (C=O) groups is 1. The molecule has 0 radical (unpaired) electrons. The molecule has 0 aliphatic heterocycles. The Hall–Kier alpha value is -3.09. The summed E-state index contributed by atoms with van der Waals surface area (Å²) in [6.07, 6.45) is 0. The van der Waals surface area contributed by atoms with E-state index in [1.165, 1.54) is 25.3 Å². The number of nitro benzene ring substituents is 1. The van der Waals surface area contributed by atoms with Crippen molar-refractivity contribution >= 4 is 11.7 Å². The third-order valence-electron chi connectivity index (χ3n) is 3.72. The molecule has 26 heavy (non-hydrogen) atoms. The minimum atomic E-state index is -0.727. The van der Waals surface area contributed by atoms with Crippen LogP contribution in [0.4, 0.5) is 5.69 Å². The van der Waals surface area contributed by atoms with Crippen molar-refractivity contribution in [1.29, 1.82) is 0 Å². The van der Waals surface area contributed by atoms with Gasteiger partial charge in [0.25, 0.3) is 0 Å². The molecule has 7 nitrogen and oxygen atoms in total. The Bertz CT molecular complexity index is 816. The molecule has 0 fully saturated rings. The van der Waals surface area contributed by atoms with Crippen LogP contribution in [0, 0.1) is 17.0 Å². The first-order valence-electron chi connectivity index (χ1n) is 8.08. The summed E-state index contributed by atoms with van der Waals surface area (Å²) in [7, 11) is 1.40. The zero-order valence-electron chi connectivity index (χ0n) is 15.1. The zero-order valence-corrected chi connectivity index (χ0v) is 15.1. The van der Waals surface area contributed by atoms with Crippen LogP contribution in [-0.2, 0) is 4.79 Å². The summed E-state index contributed by atoms with van der Waals surface area (Å²) in [5.41, 5.74) is 1.62. The van der Waals surface area contributed by atoms with Crippen LogP contribution in [0.15, 0.2) is 36.4 Å². The summed E-state index contributed by atoms with van der Waals surface area (Å²) in [5, 5.41) is 11.1. The minimum absolute atomic E-state index is 0.155. The number of carbonyl (C=O) groups excluding carboxylic acids is 1. The molecule has 2 aromatic rings. The van der Waals surface area contributed by atoms with Crippen molar-refractivity contribution in [3.05, 3.63) is 57.6 Å². The first kappa shape index (κ1) is 19.2. The van der Waals surface area contributed by atoms with E-state index < -0.39 is 10.9 Å². The van der Waals surface area contributed by atoms with Crippen LogP contribution < -0.4 is 14.2 Å². The van der Waals surface area contributed by atoms with Gasteiger partial charge >= 0.3 is 11.7 Å². The van der Waals surface area contributed by atoms with Crippen molar-refractivity contribution in [2.45, 2.75) is 26.7 Å². The molecule has 2 aromatic carbocycles. The molecule has 0 aliphatic carbocycles. The largest absolute Gasteiger partial charge is 0.496 e. The number of methoxy groups -OCH3 is 1. The maximum Gasteiger partial charge on any atom is 0.349 e. The summed E-state index contributed by atoms with van der Waals surface area (Å²) >= 11 is 0. The van der Waals surface area contributed by atoms with Crippen LogP contribution in [0.3, 0.4) is 0 Å². The van der Waals surface area contributed by atoms with Gasteiger partial charge in [-0.05, 0) is 42.2 Å². The number of nitrogens with zero attached hydrogens (tertiary/aromatic N) is 1. The highest BCUT2D eigenvalue weighted by Crippen LogP contribution is 2.31. The quantitative estimate of drug-likeness (QED) is 0.321. The van der Waals surface area contributed by atoms with E-state index in [0.717, 1.165) is 11.1 Å². The van der Waals surface area contributed by atoms with Gasteiger partial charge in [-0.25, -0.2) is 4.79 Å². The van der Waals surface area contributed by atoms with Gasteiger partial charge in [0.2, 0.25) is 5.75 Å². The van der Waals surface area contributed by atoms with Crippen molar-refractivity contribution in [3.63, 3.8) is 0 Å². The zero-order chi connectivity index (χ0) is 19.3. The maximum absolute atomic E-state index is 12.1. The Morgan fingerprint density at radius 3 is 2.50 bits per heavy atom. The molecule has 0 heterocycles. The summed E-state index contributed by atoms with van der Waals surface area (Å²) < 4.78 is 15.6. The van der Waals surface area contributed by atoms with Gasteiger partial charge in [0, 0.05) is 0 Å². The molecule has 0 unspecified atom stereocenters. The highest BCUT2D eigenvalue weighted by Gasteiger charge is 2.20. The van der Waals surface area contributed by atoms with Gasteiger partial charge in [0.05, 0.1) is 18.1 Å². The Morgan fingerprint density at radius 1 is 1.15 bits per heavy atom. The van der Waals surface area contributed by atoms with Crippen LogP contribution in [0.2, 0.25) is 0 Å². The topological polar surface area (TPSA) is 87.9 Å². The van der Waals surface area contributed by atoms with Gasteiger partial charge in [-0.3, -0.25) is 10.1 Å². The average molecular weight is 359 g/mol. The molecule has 0 amide bonds. The Morgan fingerprint density at radius 2 is 1.88 bits per heavy atom. The number of aryl methyl sites for hydroxylation is 1. The summed E-state index contributed by atoms with van der Waals surface area (Å²) in [5.74, 6) is 0.242. The first-order chi connectivity index (χ1) is 12.3. The molecule has 0 N–H and O–H groups in total. The lowest BCUT2D eigenvalue weighted by Gasteiger charge is -2.14. The second kappa shape index (κ2) is 8.33. The van der Waals surface area contributed by atoms with Crippen molar-refractivity contribution in [2.75, 3.05) is 13.7 Å². The number of nitro groups is 1. The van der Waals surface area contributed by atoms with E-state index in [2.05, 4.69) is 0 Å². The van der Waals surface area contributed by atoms with Gasteiger partial charge in [0.15, 0.2) is 6.61 Å². The smallest absolute Gasteiger partial charge is 0.349 e. The van der Waals surface area contributed by atoms with Crippen LogP contribution in [0.1, 0.15) is 30.9 Å². The third kappa shape index (κ3) is 4.72. The van der Waals surface area contributed by atoms with E-state index in [1.54, 1.807) is 0 Å². The van der Waals surface area contributed by atoms with Crippen molar-refractivity contribution in [2.24, 2.45) is 0 Å². The van der Waals surface area contributed by atoms with E-state index in [-0.39, 0.29) is 24.0 Å². The number of esters is 1. The molecule has 138 valence electrons. The normalized spacial score (nSPS) is 10.5. The highest BCUT2D eigenvalue weighted by atomic mass is 16.6. The number of hydrogen-bond acceptors (Lipinski definition) is 6. The monoisotopic (exact) mass is 359 g/mol. The molecular formula is C19H21NO6. The van der Waals surface area contributed by atoms with E-state index in [4.69, 9.17) is 14.2 Å². The van der Waals surface area contributed by atoms with Crippen molar-refractivity contribution in [3.8, 4) is 17.2 Å². The molecule has 0 bridgehead atoms. The van der Waals surface area contributed by atoms with E-state index >= 15 is 0 Å². The fourth-order valence-electron chi connectivity index (χ4n) is 2.39. The molecule has 0 aromatic heterocycles. The van der Waals surface area contributed by atoms with Gasteiger partial charge < -0.3 is 14.2 Å². The van der Waals surface area contributed by atoms with E-state index in [0.29, 0.717) is 11.5 Å². The van der Waals surface area contributed by atoms with E-state index in [1.807, 2.05) is 39.0 Å². The highest BCUT2D eigenvalue weighted by molar-refractivity contribution is 5.75. The molecule has 0 saturated heterocycles. The molecule has 2 rings (SSSR count). The predicted octanol–water partition coefficient (Wildman–Crippen LogP) is 4.02. The average Bonchev–Trinajstić information content (AvgIpc) is 2.59. The van der Waals surface area contributed by atoms with Gasteiger partial charge in [-0.1, -0.05) is 26.0 Å². The molecule has 0 spiro atoms. The van der Waals surface area contributed by atoms with Crippen LogP contribution in [-0.4, -0.2) is 24.6 Å². The Balaban J connectivity index is 2.11. The van der Waals surface area contributed by atoms with E-state index in [9.17, 15) is 14.9 Å². The Kier molecular flexibility index (Phi) is 6.16. The predicted molar refractivity (Wildman–Crippen MR) is 96.0 cm³/mol. The number of hydrogen-bond donors (Lipinski definition) is 0. The molecule has 0 saturated carbocycles. The molecule has 0 aliphatic rings. The summed E-state index contributed by atoms with van der Waals surface area (Å²) in [4.78, 5) is 22.6. The van der Waals surface area contributed by atoms with Crippen molar-refractivity contribution in [1.82, 2.24) is 0 Å². The first-order valence-corrected chi connectivity index (χ1v) is 8.08. The number of ether oxygens (including phenoxy) is 3. The molecule has 0 atom stereocenters. The maximum atomic E-state index is 12.1. The van der Waals surface area contributed by atoms with Gasteiger partial charge in [0.1, 0.15) is 11.5 Å². The second-order valence-electron chi connectivity index (χ2n) is 6.05. The lowest BCUT2D eigenvalue weighted by Crippen LogP contribution is -2.19. The number of rotatable bonds is 7. The van der Waals surface area contributed by atoms with Crippen LogP contribution >= 0.6 is 0 Å². The lowest BCUT2D eigenvalue weighted by molar-refractivity contribution is -0.385. The second-order valence-corrected chi connectivity index (χ2v) is 6.05. The summed E-state index contributed by atoms with van der Waals surface area (Å²) in [6.45, 7) is 5.62. The standard InChI is InChI=1S/C19H21NO6/c1-12(2)15-7-5-13(3)9-18(15)25-11-19(21)26-17-8-6-14(24-4)10-16(17)20(22)23/h5-10,12H,11H2,1-4H3. The Labute approximate surface area is 151 Å². The lowest BCUT2D eigenvalue weighted by atomic mass is 10.0. The fourth-order valence-corrected chi connectivity index (χ4v) is 2.39. The minimum Gasteiger partial charge on any atom is -0.496 e. The fraction of sp³-hybridized carbons (Fsp3) is 0.316. The number of benzene rings is 2. The molecule has 7 heteroatoms. The molecular weight excluding hydrogens is 338 g/mol. The SMILES string of the molecule is COc1ccc(OC(=O)COc2cc(C)ccc2C(C)C)c([N+](=O)[O-])c1. The summed E-state index contributed by atoms with van der Waals surface area (Å²) in [6, 6.07) is 9.77. The van der Waals surface area contributed by atoms with Gasteiger partial charge in [-0.15, -0.1) is 0 Å². The van der Waals surface area contributed by atoms with Crippen molar-refractivity contribution < 1.29 is 23.9 Å². The van der Waals surface area contributed by atoms with Gasteiger partial charge in [-0.2, -0.15) is 0 Å². The van der Waals surface area contributed by atoms with Crippen LogP contribution in [0.25, 0.3) is 0 Å². The third-order valence-corrected chi connectivity index (χ3v) is 3.72.